The molecule has 0 aliphatic carbocycles. The van der Waals surface area contributed by atoms with Gasteiger partial charge in [0.15, 0.2) is 0 Å². The first-order chi connectivity index (χ1) is 11.1. The second-order valence-electron chi connectivity index (χ2n) is 7.11. The van der Waals surface area contributed by atoms with E-state index < -0.39 is 0 Å². The highest BCUT2D eigenvalue weighted by atomic mass is 16.5. The number of nitrogens with zero attached hydrogens (tertiary/aromatic N) is 4. The molecule has 2 fully saturated rings. The summed E-state index contributed by atoms with van der Waals surface area (Å²) in [4.78, 5) is 16.6. The van der Waals surface area contributed by atoms with E-state index in [0.29, 0.717) is 24.3 Å². The third-order valence-corrected chi connectivity index (χ3v) is 5.39. The second-order valence-corrected chi connectivity index (χ2v) is 7.11. The van der Waals surface area contributed by atoms with Crippen LogP contribution in [0.1, 0.15) is 31.2 Å². The Hall–Kier alpha value is -1.40. The number of methoxy groups -OCH3 is 1. The van der Waals surface area contributed by atoms with Crippen LogP contribution in [0, 0.1) is 5.41 Å². The van der Waals surface area contributed by atoms with Gasteiger partial charge in [-0.15, -0.1) is 0 Å². The van der Waals surface area contributed by atoms with Crippen molar-refractivity contribution in [2.45, 2.75) is 32.2 Å². The van der Waals surface area contributed by atoms with Crippen molar-refractivity contribution in [3.05, 3.63) is 18.0 Å². The lowest BCUT2D eigenvalue weighted by molar-refractivity contribution is -0.139. The molecule has 0 N–H and O–H groups in total. The molecule has 1 aromatic heterocycles. The molecule has 1 amide bonds. The van der Waals surface area contributed by atoms with Gasteiger partial charge in [-0.3, -0.25) is 14.4 Å². The SMILES string of the molecule is COCCN1CC2(CCC1=O)CCN(Cc1cnn(C)c1)CC2. The molecule has 0 saturated carbocycles. The van der Waals surface area contributed by atoms with Crippen molar-refractivity contribution in [2.75, 3.05) is 39.9 Å². The summed E-state index contributed by atoms with van der Waals surface area (Å²) in [5.74, 6) is 0.297. The van der Waals surface area contributed by atoms with Crippen molar-refractivity contribution in [3.63, 3.8) is 0 Å². The maximum Gasteiger partial charge on any atom is 0.222 e. The molecule has 0 unspecified atom stereocenters. The van der Waals surface area contributed by atoms with E-state index >= 15 is 0 Å². The molecule has 2 saturated heterocycles. The van der Waals surface area contributed by atoms with E-state index in [9.17, 15) is 4.79 Å². The molecule has 0 atom stereocenters. The number of carbonyl (C=O) groups is 1. The molecule has 2 aliphatic heterocycles. The summed E-state index contributed by atoms with van der Waals surface area (Å²) in [6, 6.07) is 0. The highest BCUT2D eigenvalue weighted by molar-refractivity contribution is 5.77. The molecule has 3 rings (SSSR count). The van der Waals surface area contributed by atoms with Crippen LogP contribution in [0.5, 0.6) is 0 Å². The minimum absolute atomic E-state index is 0.297. The van der Waals surface area contributed by atoms with Crippen molar-refractivity contribution in [2.24, 2.45) is 12.5 Å². The lowest BCUT2D eigenvalue weighted by Crippen LogP contribution is -2.52. The number of carbonyl (C=O) groups excluding carboxylic acids is 1. The second kappa shape index (κ2) is 7.01. The topological polar surface area (TPSA) is 50.6 Å². The van der Waals surface area contributed by atoms with Crippen LogP contribution in [-0.4, -0.2) is 65.4 Å². The fraction of sp³-hybridized carbons (Fsp3) is 0.765. The zero-order valence-corrected chi connectivity index (χ0v) is 14.3. The Morgan fingerprint density at radius 2 is 2.09 bits per heavy atom. The number of likely N-dealkylation sites (tertiary alicyclic amines) is 2. The Kier molecular flexibility index (Phi) is 5.02. The summed E-state index contributed by atoms with van der Waals surface area (Å²) in [5.41, 5.74) is 1.61. The first-order valence-corrected chi connectivity index (χ1v) is 8.57. The molecule has 0 radical (unpaired) electrons. The predicted molar refractivity (Wildman–Crippen MR) is 87.8 cm³/mol. The minimum Gasteiger partial charge on any atom is -0.383 e. The van der Waals surface area contributed by atoms with Gasteiger partial charge in [-0.25, -0.2) is 0 Å². The van der Waals surface area contributed by atoms with Gasteiger partial charge in [-0.05, 0) is 37.8 Å². The van der Waals surface area contributed by atoms with E-state index in [1.165, 1.54) is 18.4 Å². The van der Waals surface area contributed by atoms with Gasteiger partial charge in [0.2, 0.25) is 5.91 Å². The van der Waals surface area contributed by atoms with Crippen LogP contribution in [0.3, 0.4) is 0 Å². The first-order valence-electron chi connectivity index (χ1n) is 8.57. The Morgan fingerprint density at radius 1 is 1.30 bits per heavy atom. The van der Waals surface area contributed by atoms with Gasteiger partial charge in [0.05, 0.1) is 12.8 Å². The van der Waals surface area contributed by atoms with Gasteiger partial charge in [-0.2, -0.15) is 5.10 Å². The summed E-state index contributed by atoms with van der Waals surface area (Å²) < 4.78 is 7.01. The molecule has 23 heavy (non-hydrogen) atoms. The molecule has 0 aromatic carbocycles. The fourth-order valence-corrected chi connectivity index (χ4v) is 3.91. The highest BCUT2D eigenvalue weighted by Crippen LogP contribution is 2.40. The number of hydrogen-bond donors (Lipinski definition) is 0. The third-order valence-electron chi connectivity index (χ3n) is 5.39. The average Bonchev–Trinajstić information content (AvgIpc) is 2.96. The van der Waals surface area contributed by atoms with Crippen LogP contribution >= 0.6 is 0 Å². The average molecular weight is 320 g/mol. The van der Waals surface area contributed by atoms with Crippen molar-refractivity contribution >= 4 is 5.91 Å². The van der Waals surface area contributed by atoms with Gasteiger partial charge >= 0.3 is 0 Å². The lowest BCUT2D eigenvalue weighted by atomic mass is 9.72. The third kappa shape index (κ3) is 3.93. The summed E-state index contributed by atoms with van der Waals surface area (Å²) in [5, 5.41) is 4.25. The van der Waals surface area contributed by atoms with Crippen LogP contribution < -0.4 is 0 Å². The van der Waals surface area contributed by atoms with Crippen LogP contribution in [-0.2, 0) is 23.1 Å². The Bertz CT molecular complexity index is 534. The zero-order valence-electron chi connectivity index (χ0n) is 14.3. The molecule has 3 heterocycles. The van der Waals surface area contributed by atoms with Crippen molar-refractivity contribution in [3.8, 4) is 0 Å². The van der Waals surface area contributed by atoms with E-state index in [0.717, 1.165) is 39.1 Å². The van der Waals surface area contributed by atoms with Crippen LogP contribution in [0.4, 0.5) is 0 Å². The Labute approximate surface area is 138 Å². The number of rotatable bonds is 5. The van der Waals surface area contributed by atoms with Gasteiger partial charge in [0.25, 0.3) is 0 Å². The predicted octanol–water partition coefficient (Wildman–Crippen LogP) is 1.27. The van der Waals surface area contributed by atoms with Gasteiger partial charge in [0.1, 0.15) is 0 Å². The quantitative estimate of drug-likeness (QED) is 0.820. The van der Waals surface area contributed by atoms with Crippen LogP contribution in [0.15, 0.2) is 12.4 Å². The number of hydrogen-bond acceptors (Lipinski definition) is 4. The fourth-order valence-electron chi connectivity index (χ4n) is 3.91. The van der Waals surface area contributed by atoms with E-state index in [4.69, 9.17) is 4.74 Å². The standard InChI is InChI=1S/C17H28N4O2/c1-19-12-15(11-18-19)13-20-7-5-17(6-8-20)4-3-16(22)21(14-17)9-10-23-2/h11-12H,3-10,13-14H2,1-2H3. The molecule has 6 nitrogen and oxygen atoms in total. The molecular formula is C17H28N4O2. The Balaban J connectivity index is 1.53. The monoisotopic (exact) mass is 320 g/mol. The smallest absolute Gasteiger partial charge is 0.222 e. The number of ether oxygens (including phenoxy) is 1. The molecule has 128 valence electrons. The maximum absolute atomic E-state index is 12.1. The maximum atomic E-state index is 12.1. The first kappa shape index (κ1) is 16.5. The van der Waals surface area contributed by atoms with Gasteiger partial charge < -0.3 is 9.64 Å². The normalized spacial score (nSPS) is 22.0. The molecule has 2 aliphatic rings. The zero-order chi connectivity index (χ0) is 16.3. The van der Waals surface area contributed by atoms with E-state index in [1.54, 1.807) is 7.11 Å². The van der Waals surface area contributed by atoms with E-state index in [-0.39, 0.29) is 0 Å². The Morgan fingerprint density at radius 3 is 2.74 bits per heavy atom. The molecule has 1 aromatic rings. The summed E-state index contributed by atoms with van der Waals surface area (Å²) >= 11 is 0. The summed E-state index contributed by atoms with van der Waals surface area (Å²) in [7, 11) is 3.66. The number of aromatic nitrogens is 2. The summed E-state index contributed by atoms with van der Waals surface area (Å²) in [6.07, 6.45) is 8.17. The molecule has 6 heteroatoms. The van der Waals surface area contributed by atoms with E-state index in [2.05, 4.69) is 16.2 Å². The van der Waals surface area contributed by atoms with Crippen molar-refractivity contribution in [1.29, 1.82) is 0 Å². The largest absolute Gasteiger partial charge is 0.383 e. The number of aryl methyl sites for hydroxylation is 1. The van der Waals surface area contributed by atoms with Crippen molar-refractivity contribution < 1.29 is 9.53 Å². The van der Waals surface area contributed by atoms with Gasteiger partial charge in [-0.1, -0.05) is 0 Å². The summed E-state index contributed by atoms with van der Waals surface area (Å²) in [6.45, 7) is 5.49. The van der Waals surface area contributed by atoms with Gasteiger partial charge in [0, 0.05) is 52.0 Å². The van der Waals surface area contributed by atoms with Crippen molar-refractivity contribution in [1.82, 2.24) is 19.6 Å². The number of piperidine rings is 2. The number of amides is 1. The molecule has 1 spiro atoms. The highest BCUT2D eigenvalue weighted by Gasteiger charge is 2.40. The molecule has 0 bridgehead atoms. The van der Waals surface area contributed by atoms with E-state index in [1.807, 2.05) is 22.8 Å². The van der Waals surface area contributed by atoms with Crippen LogP contribution in [0.25, 0.3) is 0 Å². The molecular weight excluding hydrogens is 292 g/mol. The van der Waals surface area contributed by atoms with Crippen LogP contribution in [0.2, 0.25) is 0 Å². The lowest BCUT2D eigenvalue weighted by Gasteiger charge is -2.47. The minimum atomic E-state index is 0.297.